The highest BCUT2D eigenvalue weighted by molar-refractivity contribution is 6.05. The zero-order valence-corrected chi connectivity index (χ0v) is 16.8. The predicted octanol–water partition coefficient (Wildman–Crippen LogP) is 3.71. The van der Waals surface area contributed by atoms with E-state index in [0.29, 0.717) is 12.1 Å². The van der Waals surface area contributed by atoms with E-state index >= 15 is 0 Å². The Kier molecular flexibility index (Phi) is 5.34. The Morgan fingerprint density at radius 1 is 1.10 bits per heavy atom. The maximum atomic E-state index is 11.7. The van der Waals surface area contributed by atoms with Crippen molar-refractivity contribution in [1.29, 1.82) is 0 Å². The van der Waals surface area contributed by atoms with Crippen LogP contribution >= 0.6 is 0 Å². The van der Waals surface area contributed by atoms with Crippen LogP contribution in [0.2, 0.25) is 0 Å². The molecule has 150 valence electrons. The summed E-state index contributed by atoms with van der Waals surface area (Å²) in [5.41, 5.74) is 10.5. The number of carbonyl (C=O) groups is 1. The van der Waals surface area contributed by atoms with Gasteiger partial charge in [-0.2, -0.15) is 0 Å². The maximum absolute atomic E-state index is 11.7. The Bertz CT molecular complexity index is 1210. The number of nitrogens with two attached hydrogens (primary N) is 1. The number of nitrogens with one attached hydrogen (secondary N) is 1. The number of fused-ring (bicyclic) bond motifs is 1. The molecule has 30 heavy (non-hydrogen) atoms. The minimum Gasteiger partial charge on any atom is -0.369 e. The topological polar surface area (TPSA) is 107 Å². The average molecular weight is 398 g/mol. The van der Waals surface area contributed by atoms with E-state index in [4.69, 9.17) is 5.73 Å². The molecule has 4 aromatic rings. The summed E-state index contributed by atoms with van der Waals surface area (Å²) in [6, 6.07) is 13.3. The smallest absolute Gasteiger partial charge is 0.249 e. The van der Waals surface area contributed by atoms with Crippen LogP contribution in [0.15, 0.2) is 61.2 Å². The van der Waals surface area contributed by atoms with E-state index in [2.05, 4.69) is 32.2 Å². The second-order valence-corrected chi connectivity index (χ2v) is 7.22. The molecule has 1 amide bonds. The summed E-state index contributed by atoms with van der Waals surface area (Å²) in [4.78, 5) is 29.2. The summed E-state index contributed by atoms with van der Waals surface area (Å²) in [6.45, 7) is 4.70. The molecule has 0 aliphatic carbocycles. The Morgan fingerprint density at radius 2 is 1.97 bits per heavy atom. The van der Waals surface area contributed by atoms with E-state index < -0.39 is 5.91 Å². The van der Waals surface area contributed by atoms with Crippen LogP contribution in [0.4, 0.5) is 5.82 Å². The van der Waals surface area contributed by atoms with Crippen molar-refractivity contribution in [3.8, 4) is 11.3 Å². The molecule has 0 aliphatic rings. The van der Waals surface area contributed by atoms with Crippen LogP contribution in [0.3, 0.4) is 0 Å². The van der Waals surface area contributed by atoms with Crippen molar-refractivity contribution in [3.63, 3.8) is 0 Å². The lowest BCUT2D eigenvalue weighted by Crippen LogP contribution is -2.14. The summed E-state index contributed by atoms with van der Waals surface area (Å²) < 4.78 is 0. The fraction of sp³-hybridized carbons (Fsp3) is 0.174. The first-order valence-corrected chi connectivity index (χ1v) is 9.69. The van der Waals surface area contributed by atoms with Crippen molar-refractivity contribution in [2.45, 2.75) is 19.8 Å². The van der Waals surface area contributed by atoms with Gasteiger partial charge in [0.1, 0.15) is 12.1 Å². The number of nitrogens with zero attached hydrogens (tertiary/aromatic N) is 4. The standard InChI is InChI=1S/C23H22N6O/c1-14(17-4-3-5-18-19(23(24)30)8-9-25-22(17)18)11-27-21-10-20(28-13-29-21)16-7-6-15(2)26-12-16/h3-10,12-14H,11H2,1-2H3,(H2,24,30)(H,27,28,29)/t14-/m1/s1. The van der Waals surface area contributed by atoms with Crippen LogP contribution in [0.1, 0.15) is 34.5 Å². The Hall–Kier alpha value is -3.87. The lowest BCUT2D eigenvalue weighted by atomic mass is 9.96. The molecule has 3 aromatic heterocycles. The van der Waals surface area contributed by atoms with Crippen LogP contribution in [0.25, 0.3) is 22.2 Å². The number of amides is 1. The summed E-state index contributed by atoms with van der Waals surface area (Å²) >= 11 is 0. The van der Waals surface area contributed by atoms with Crippen LogP contribution in [-0.4, -0.2) is 32.4 Å². The third kappa shape index (κ3) is 3.96. The average Bonchev–Trinajstić information content (AvgIpc) is 2.77. The second kappa shape index (κ2) is 8.24. The second-order valence-electron chi connectivity index (χ2n) is 7.22. The number of pyridine rings is 2. The van der Waals surface area contributed by atoms with Gasteiger partial charge < -0.3 is 11.1 Å². The Labute approximate surface area is 174 Å². The third-order valence-electron chi connectivity index (χ3n) is 5.06. The molecule has 0 unspecified atom stereocenters. The molecule has 0 saturated carbocycles. The third-order valence-corrected chi connectivity index (χ3v) is 5.06. The number of rotatable bonds is 6. The van der Waals surface area contributed by atoms with Crippen molar-refractivity contribution in [2.75, 3.05) is 11.9 Å². The van der Waals surface area contributed by atoms with Gasteiger partial charge in [-0.15, -0.1) is 0 Å². The Morgan fingerprint density at radius 3 is 2.73 bits per heavy atom. The summed E-state index contributed by atoms with van der Waals surface area (Å²) in [7, 11) is 0. The summed E-state index contributed by atoms with van der Waals surface area (Å²) in [5, 5.41) is 4.14. The van der Waals surface area contributed by atoms with Gasteiger partial charge in [-0.3, -0.25) is 14.8 Å². The first-order valence-electron chi connectivity index (χ1n) is 9.69. The molecule has 3 heterocycles. The minimum atomic E-state index is -0.454. The van der Waals surface area contributed by atoms with E-state index in [9.17, 15) is 4.79 Å². The number of aryl methyl sites for hydroxylation is 1. The zero-order chi connectivity index (χ0) is 21.1. The largest absolute Gasteiger partial charge is 0.369 e. The van der Waals surface area contributed by atoms with Gasteiger partial charge >= 0.3 is 0 Å². The van der Waals surface area contributed by atoms with Gasteiger partial charge in [0, 0.05) is 47.6 Å². The van der Waals surface area contributed by atoms with E-state index in [0.717, 1.165) is 39.2 Å². The van der Waals surface area contributed by atoms with Gasteiger partial charge in [0.15, 0.2) is 0 Å². The normalized spacial score (nSPS) is 11.9. The number of primary amides is 1. The van der Waals surface area contributed by atoms with Crippen LogP contribution in [0.5, 0.6) is 0 Å². The molecule has 7 nitrogen and oxygen atoms in total. The van der Waals surface area contributed by atoms with Gasteiger partial charge in [-0.1, -0.05) is 25.1 Å². The molecular weight excluding hydrogens is 376 g/mol. The van der Waals surface area contributed by atoms with Crippen molar-refractivity contribution >= 4 is 22.6 Å². The molecule has 0 radical (unpaired) electrons. The van der Waals surface area contributed by atoms with E-state index in [1.165, 1.54) is 0 Å². The number of benzene rings is 1. The number of aromatic nitrogens is 4. The van der Waals surface area contributed by atoms with Gasteiger partial charge in [-0.25, -0.2) is 9.97 Å². The zero-order valence-electron chi connectivity index (χ0n) is 16.8. The fourth-order valence-electron chi connectivity index (χ4n) is 3.41. The van der Waals surface area contributed by atoms with E-state index in [-0.39, 0.29) is 5.92 Å². The number of para-hydroxylation sites is 1. The Balaban J connectivity index is 1.55. The molecular formula is C23H22N6O. The van der Waals surface area contributed by atoms with Gasteiger partial charge in [0.2, 0.25) is 5.91 Å². The van der Waals surface area contributed by atoms with Crippen LogP contribution in [-0.2, 0) is 0 Å². The molecule has 4 rings (SSSR count). The van der Waals surface area contributed by atoms with Gasteiger partial charge in [0.25, 0.3) is 0 Å². The summed E-state index contributed by atoms with van der Waals surface area (Å²) in [6.07, 6.45) is 4.97. The molecule has 0 spiro atoms. The van der Waals surface area contributed by atoms with Crippen molar-refractivity contribution in [3.05, 3.63) is 78.0 Å². The maximum Gasteiger partial charge on any atom is 0.249 e. The molecule has 1 aromatic carbocycles. The molecule has 0 bridgehead atoms. The molecule has 1 atom stereocenters. The number of hydrogen-bond acceptors (Lipinski definition) is 6. The number of hydrogen-bond donors (Lipinski definition) is 2. The van der Waals surface area contributed by atoms with Gasteiger partial charge in [-0.05, 0) is 30.7 Å². The number of carbonyl (C=O) groups excluding carboxylic acids is 1. The monoisotopic (exact) mass is 398 g/mol. The van der Waals surface area contributed by atoms with Crippen molar-refractivity contribution < 1.29 is 4.79 Å². The predicted molar refractivity (Wildman–Crippen MR) is 117 cm³/mol. The molecule has 0 aliphatic heterocycles. The highest BCUT2D eigenvalue weighted by Gasteiger charge is 2.14. The molecule has 3 N–H and O–H groups in total. The van der Waals surface area contributed by atoms with Crippen LogP contribution < -0.4 is 11.1 Å². The highest BCUT2D eigenvalue weighted by Crippen LogP contribution is 2.26. The lowest BCUT2D eigenvalue weighted by molar-refractivity contribution is 0.100. The van der Waals surface area contributed by atoms with Crippen molar-refractivity contribution in [1.82, 2.24) is 19.9 Å². The summed E-state index contributed by atoms with van der Waals surface area (Å²) in [5.74, 6) is 0.409. The molecule has 0 fully saturated rings. The fourth-order valence-corrected chi connectivity index (χ4v) is 3.41. The first-order chi connectivity index (χ1) is 14.5. The SMILES string of the molecule is Cc1ccc(-c2cc(NC[C@@H](C)c3cccc4c(C(N)=O)ccnc34)ncn2)cn1. The highest BCUT2D eigenvalue weighted by atomic mass is 16.1. The van der Waals surface area contributed by atoms with E-state index in [1.807, 2.05) is 49.5 Å². The lowest BCUT2D eigenvalue weighted by Gasteiger charge is -2.16. The van der Waals surface area contributed by atoms with Crippen molar-refractivity contribution in [2.24, 2.45) is 5.73 Å². The molecule has 0 saturated heterocycles. The minimum absolute atomic E-state index is 0.129. The van der Waals surface area contributed by atoms with Gasteiger partial charge in [0.05, 0.1) is 16.8 Å². The van der Waals surface area contributed by atoms with E-state index in [1.54, 1.807) is 18.6 Å². The number of anilines is 1. The first kappa shape index (κ1) is 19.4. The molecule has 7 heteroatoms. The van der Waals surface area contributed by atoms with Crippen LogP contribution in [0, 0.1) is 6.92 Å². The quantitative estimate of drug-likeness (QED) is 0.513.